The Labute approximate surface area is 119 Å². The lowest BCUT2D eigenvalue weighted by molar-refractivity contribution is 1.03. The summed E-state index contributed by atoms with van der Waals surface area (Å²) in [6.07, 6.45) is 3.16. The van der Waals surface area contributed by atoms with Crippen molar-refractivity contribution in [2.45, 2.75) is 25.3 Å². The van der Waals surface area contributed by atoms with Gasteiger partial charge in [0.15, 0.2) is 0 Å². The third kappa shape index (κ3) is 2.94. The van der Waals surface area contributed by atoms with Gasteiger partial charge in [0.1, 0.15) is 5.82 Å². The maximum absolute atomic E-state index is 5.98. The molecule has 0 spiro atoms. The quantitative estimate of drug-likeness (QED) is 0.927. The summed E-state index contributed by atoms with van der Waals surface area (Å²) >= 11 is 13.3. The van der Waals surface area contributed by atoms with E-state index >= 15 is 0 Å². The Morgan fingerprint density at radius 2 is 2.11 bits per heavy atom. The molecule has 1 N–H and O–H groups in total. The van der Waals surface area contributed by atoms with Gasteiger partial charge in [-0.05, 0) is 30.5 Å². The van der Waals surface area contributed by atoms with Crippen molar-refractivity contribution in [2.75, 3.05) is 5.32 Å². The van der Waals surface area contributed by atoms with Crippen LogP contribution in [0.25, 0.3) is 0 Å². The molecule has 1 saturated carbocycles. The van der Waals surface area contributed by atoms with Crippen molar-refractivity contribution in [1.82, 2.24) is 9.36 Å². The summed E-state index contributed by atoms with van der Waals surface area (Å²) in [6, 6.07) is 6.22. The van der Waals surface area contributed by atoms with E-state index in [2.05, 4.69) is 14.7 Å². The summed E-state index contributed by atoms with van der Waals surface area (Å²) in [5.41, 5.74) is 1.07. The fourth-order valence-corrected chi connectivity index (χ4v) is 2.60. The molecular weight excluding hydrogens is 289 g/mol. The molecule has 0 aliphatic heterocycles. The summed E-state index contributed by atoms with van der Waals surface area (Å²) in [7, 11) is 0. The maximum atomic E-state index is 5.98. The van der Waals surface area contributed by atoms with Gasteiger partial charge in [0.2, 0.25) is 5.13 Å². The van der Waals surface area contributed by atoms with Crippen LogP contribution >= 0.6 is 34.7 Å². The number of nitrogens with one attached hydrogen (secondary N) is 1. The van der Waals surface area contributed by atoms with Gasteiger partial charge in [0.05, 0.1) is 10.0 Å². The van der Waals surface area contributed by atoms with E-state index in [-0.39, 0.29) is 0 Å². The minimum atomic E-state index is 0.570. The van der Waals surface area contributed by atoms with Gasteiger partial charge in [-0.15, -0.1) is 0 Å². The van der Waals surface area contributed by atoms with Gasteiger partial charge in [-0.3, -0.25) is 0 Å². The highest BCUT2D eigenvalue weighted by atomic mass is 35.5. The monoisotopic (exact) mass is 299 g/mol. The summed E-state index contributed by atoms with van der Waals surface area (Å²) in [5, 5.41) is 5.39. The molecule has 1 aliphatic rings. The third-order valence-corrected chi connectivity index (χ3v) is 4.14. The minimum Gasteiger partial charge on any atom is -0.358 e. The zero-order valence-electron chi connectivity index (χ0n) is 9.49. The number of rotatable bonds is 4. The van der Waals surface area contributed by atoms with Crippen LogP contribution in [-0.2, 0) is 6.42 Å². The average Bonchev–Trinajstić information content (AvgIpc) is 3.04. The Bertz CT molecular complexity index is 566. The van der Waals surface area contributed by atoms with E-state index in [1.54, 1.807) is 6.07 Å². The number of anilines is 1. The number of benzene rings is 1. The first-order valence-corrected chi connectivity index (χ1v) is 7.27. The third-order valence-electron chi connectivity index (χ3n) is 2.72. The number of hydrogen-bond acceptors (Lipinski definition) is 4. The predicted octanol–water partition coefficient (Wildman–Crippen LogP) is 4.01. The SMILES string of the molecule is Clc1ccc(Cc2nsc(NC3CC3)n2)cc1Cl. The van der Waals surface area contributed by atoms with Crippen LogP contribution in [-0.4, -0.2) is 15.4 Å². The lowest BCUT2D eigenvalue weighted by atomic mass is 10.1. The van der Waals surface area contributed by atoms with E-state index in [0.29, 0.717) is 22.5 Å². The Morgan fingerprint density at radius 1 is 1.28 bits per heavy atom. The Hall–Kier alpha value is -0.840. The maximum Gasteiger partial charge on any atom is 0.202 e. The van der Waals surface area contributed by atoms with Crippen LogP contribution in [0.15, 0.2) is 18.2 Å². The molecular formula is C12H11Cl2N3S. The van der Waals surface area contributed by atoms with Gasteiger partial charge < -0.3 is 5.32 Å². The van der Waals surface area contributed by atoms with Gasteiger partial charge in [-0.2, -0.15) is 4.37 Å². The largest absolute Gasteiger partial charge is 0.358 e. The molecule has 1 aromatic heterocycles. The van der Waals surface area contributed by atoms with Crippen molar-refractivity contribution in [3.8, 4) is 0 Å². The van der Waals surface area contributed by atoms with Crippen LogP contribution in [0, 0.1) is 0 Å². The first-order chi connectivity index (χ1) is 8.70. The molecule has 1 aromatic carbocycles. The number of aromatic nitrogens is 2. The van der Waals surface area contributed by atoms with E-state index in [1.807, 2.05) is 12.1 Å². The molecule has 0 unspecified atom stereocenters. The highest BCUT2D eigenvalue weighted by Gasteiger charge is 2.22. The van der Waals surface area contributed by atoms with Crippen LogP contribution < -0.4 is 5.32 Å². The van der Waals surface area contributed by atoms with Crippen molar-refractivity contribution in [3.63, 3.8) is 0 Å². The fraction of sp³-hybridized carbons (Fsp3) is 0.333. The standard InChI is InChI=1S/C12H11Cl2N3S/c13-9-4-1-7(5-10(9)14)6-11-16-12(18-17-11)15-8-2-3-8/h1,4-5,8H,2-3,6H2,(H,15,16,17). The molecule has 6 heteroatoms. The first kappa shape index (κ1) is 12.2. The predicted molar refractivity (Wildman–Crippen MR) is 75.8 cm³/mol. The molecule has 1 aliphatic carbocycles. The normalized spacial score (nSPS) is 14.8. The minimum absolute atomic E-state index is 0.570. The Morgan fingerprint density at radius 3 is 2.83 bits per heavy atom. The lowest BCUT2D eigenvalue weighted by Crippen LogP contribution is -2.00. The highest BCUT2D eigenvalue weighted by Crippen LogP contribution is 2.27. The zero-order valence-corrected chi connectivity index (χ0v) is 11.8. The summed E-state index contributed by atoms with van der Waals surface area (Å²) in [6.45, 7) is 0. The summed E-state index contributed by atoms with van der Waals surface area (Å²) in [5.74, 6) is 0.821. The Balaban J connectivity index is 1.70. The van der Waals surface area contributed by atoms with Crippen molar-refractivity contribution in [1.29, 1.82) is 0 Å². The first-order valence-electron chi connectivity index (χ1n) is 5.74. The van der Waals surface area contributed by atoms with E-state index in [9.17, 15) is 0 Å². The second kappa shape index (κ2) is 5.03. The summed E-state index contributed by atoms with van der Waals surface area (Å²) in [4.78, 5) is 4.46. The van der Waals surface area contributed by atoms with Crippen molar-refractivity contribution in [3.05, 3.63) is 39.6 Å². The summed E-state index contributed by atoms with van der Waals surface area (Å²) < 4.78 is 4.34. The van der Waals surface area contributed by atoms with Gasteiger partial charge >= 0.3 is 0 Å². The molecule has 0 saturated heterocycles. The lowest BCUT2D eigenvalue weighted by Gasteiger charge is -2.00. The van der Waals surface area contributed by atoms with E-state index < -0.39 is 0 Å². The number of hydrogen-bond donors (Lipinski definition) is 1. The second-order valence-electron chi connectivity index (χ2n) is 4.36. The second-order valence-corrected chi connectivity index (χ2v) is 5.93. The highest BCUT2D eigenvalue weighted by molar-refractivity contribution is 7.09. The molecule has 3 rings (SSSR count). The molecule has 18 heavy (non-hydrogen) atoms. The van der Waals surface area contributed by atoms with Crippen LogP contribution in [0.4, 0.5) is 5.13 Å². The zero-order chi connectivity index (χ0) is 12.5. The molecule has 0 amide bonds. The van der Waals surface area contributed by atoms with Gasteiger partial charge in [0.25, 0.3) is 0 Å². The smallest absolute Gasteiger partial charge is 0.202 e. The van der Waals surface area contributed by atoms with Crippen LogP contribution in [0.1, 0.15) is 24.2 Å². The van der Waals surface area contributed by atoms with E-state index in [4.69, 9.17) is 23.2 Å². The van der Waals surface area contributed by atoms with Gasteiger partial charge in [0, 0.05) is 24.0 Å². The molecule has 3 nitrogen and oxygen atoms in total. The van der Waals surface area contributed by atoms with E-state index in [0.717, 1.165) is 16.5 Å². The molecule has 2 aromatic rings. The van der Waals surface area contributed by atoms with Crippen molar-refractivity contribution < 1.29 is 0 Å². The molecule has 1 heterocycles. The molecule has 0 radical (unpaired) electrons. The topological polar surface area (TPSA) is 37.8 Å². The number of halogens is 2. The van der Waals surface area contributed by atoms with E-state index in [1.165, 1.54) is 24.4 Å². The average molecular weight is 300 g/mol. The Kier molecular flexibility index (Phi) is 3.41. The van der Waals surface area contributed by atoms with Crippen molar-refractivity contribution in [2.24, 2.45) is 0 Å². The van der Waals surface area contributed by atoms with Gasteiger partial charge in [-0.1, -0.05) is 29.3 Å². The van der Waals surface area contributed by atoms with Crippen LogP contribution in [0.3, 0.4) is 0 Å². The number of nitrogens with zero attached hydrogens (tertiary/aromatic N) is 2. The van der Waals surface area contributed by atoms with Crippen LogP contribution in [0.5, 0.6) is 0 Å². The fourth-order valence-electron chi connectivity index (χ4n) is 1.62. The van der Waals surface area contributed by atoms with Gasteiger partial charge in [-0.25, -0.2) is 4.98 Å². The molecule has 94 valence electrons. The molecule has 0 atom stereocenters. The van der Waals surface area contributed by atoms with Crippen LogP contribution in [0.2, 0.25) is 10.0 Å². The van der Waals surface area contributed by atoms with Crippen molar-refractivity contribution >= 4 is 39.9 Å². The molecule has 1 fully saturated rings. The molecule has 0 bridgehead atoms.